The molecule has 1 aliphatic carbocycles. The molecule has 3 rings (SSSR count). The van der Waals surface area contributed by atoms with Gasteiger partial charge in [-0.1, -0.05) is 35.9 Å². The van der Waals surface area contributed by atoms with Crippen LogP contribution < -0.4 is 11.3 Å². The maximum Gasteiger partial charge on any atom is 0.129 e. The minimum absolute atomic E-state index is 0.346. The third-order valence-corrected chi connectivity index (χ3v) is 4.13. The predicted molar refractivity (Wildman–Crippen MR) is 79.0 cm³/mol. The Labute approximate surface area is 122 Å². The highest BCUT2D eigenvalue weighted by Gasteiger charge is 2.19. The monoisotopic (exact) mass is 290 g/mol. The van der Waals surface area contributed by atoms with Crippen LogP contribution in [0.2, 0.25) is 5.02 Å². The van der Waals surface area contributed by atoms with Crippen molar-refractivity contribution in [2.75, 3.05) is 0 Å². The van der Waals surface area contributed by atoms with Crippen LogP contribution in [-0.4, -0.2) is 0 Å². The number of benzene rings is 2. The lowest BCUT2D eigenvalue weighted by molar-refractivity contribution is 0.560. The van der Waals surface area contributed by atoms with Crippen molar-refractivity contribution in [1.29, 1.82) is 0 Å². The molecule has 0 spiro atoms. The Morgan fingerprint density at radius 3 is 2.65 bits per heavy atom. The minimum Gasteiger partial charge on any atom is -0.271 e. The summed E-state index contributed by atoms with van der Waals surface area (Å²) in [7, 11) is 0. The van der Waals surface area contributed by atoms with Gasteiger partial charge in [0.15, 0.2) is 0 Å². The Morgan fingerprint density at radius 2 is 1.90 bits per heavy atom. The van der Waals surface area contributed by atoms with Crippen LogP contribution in [0.4, 0.5) is 4.39 Å². The van der Waals surface area contributed by atoms with E-state index in [0.717, 1.165) is 18.4 Å². The van der Waals surface area contributed by atoms with Crippen molar-refractivity contribution in [3.63, 3.8) is 0 Å². The fourth-order valence-corrected chi connectivity index (χ4v) is 3.03. The second-order valence-electron chi connectivity index (χ2n) is 5.15. The van der Waals surface area contributed by atoms with Crippen LogP contribution in [-0.2, 0) is 12.8 Å². The van der Waals surface area contributed by atoms with Gasteiger partial charge < -0.3 is 0 Å². The molecule has 1 atom stereocenters. The third-order valence-electron chi connectivity index (χ3n) is 3.90. The van der Waals surface area contributed by atoms with Crippen LogP contribution >= 0.6 is 11.6 Å². The van der Waals surface area contributed by atoms with Gasteiger partial charge in [-0.3, -0.25) is 5.84 Å². The number of hydrazine groups is 1. The van der Waals surface area contributed by atoms with E-state index in [1.54, 1.807) is 12.1 Å². The van der Waals surface area contributed by atoms with Crippen molar-refractivity contribution in [1.82, 2.24) is 5.43 Å². The van der Waals surface area contributed by atoms with E-state index in [0.29, 0.717) is 10.6 Å². The molecule has 0 aromatic heterocycles. The standard InChI is InChI=1S/C16H16ClFN2/c17-13-6-7-14(15(18)9-13)16(20-19)12-5-4-10-2-1-3-11(10)8-12/h4-9,16,20H,1-3,19H2. The molecule has 0 saturated carbocycles. The second-order valence-corrected chi connectivity index (χ2v) is 5.58. The van der Waals surface area contributed by atoms with Crippen LogP contribution in [0.25, 0.3) is 0 Å². The normalized spacial score (nSPS) is 15.2. The number of nitrogens with one attached hydrogen (secondary N) is 1. The Bertz CT molecular complexity index is 642. The molecule has 0 saturated heterocycles. The van der Waals surface area contributed by atoms with Gasteiger partial charge in [-0.2, -0.15) is 0 Å². The summed E-state index contributed by atoms with van der Waals surface area (Å²) in [6.45, 7) is 0. The van der Waals surface area contributed by atoms with Gasteiger partial charge >= 0.3 is 0 Å². The van der Waals surface area contributed by atoms with Crippen molar-refractivity contribution in [3.05, 3.63) is 69.5 Å². The summed E-state index contributed by atoms with van der Waals surface area (Å²) in [4.78, 5) is 0. The topological polar surface area (TPSA) is 38.0 Å². The molecule has 0 bridgehead atoms. The molecule has 20 heavy (non-hydrogen) atoms. The number of rotatable bonds is 3. The molecule has 1 unspecified atom stereocenters. The largest absolute Gasteiger partial charge is 0.271 e. The smallest absolute Gasteiger partial charge is 0.129 e. The highest BCUT2D eigenvalue weighted by molar-refractivity contribution is 6.30. The van der Waals surface area contributed by atoms with Gasteiger partial charge in [-0.05, 0) is 48.1 Å². The van der Waals surface area contributed by atoms with E-state index in [2.05, 4.69) is 17.6 Å². The summed E-state index contributed by atoms with van der Waals surface area (Å²) >= 11 is 5.80. The summed E-state index contributed by atoms with van der Waals surface area (Å²) in [5, 5.41) is 0.385. The Kier molecular flexibility index (Phi) is 3.74. The van der Waals surface area contributed by atoms with Crippen molar-refractivity contribution >= 4 is 11.6 Å². The second kappa shape index (κ2) is 5.52. The maximum absolute atomic E-state index is 14.1. The average molecular weight is 291 g/mol. The molecule has 4 heteroatoms. The fourth-order valence-electron chi connectivity index (χ4n) is 2.87. The zero-order chi connectivity index (χ0) is 14.1. The van der Waals surface area contributed by atoms with Gasteiger partial charge in [-0.25, -0.2) is 9.82 Å². The van der Waals surface area contributed by atoms with Crippen molar-refractivity contribution in [2.45, 2.75) is 25.3 Å². The third kappa shape index (κ3) is 2.44. The van der Waals surface area contributed by atoms with Gasteiger partial charge in [0, 0.05) is 10.6 Å². The van der Waals surface area contributed by atoms with Crippen LogP contribution in [0.5, 0.6) is 0 Å². The number of halogens is 2. The van der Waals surface area contributed by atoms with Crippen LogP contribution in [0, 0.1) is 5.82 Å². The molecule has 2 aromatic rings. The van der Waals surface area contributed by atoms with Gasteiger partial charge in [0.2, 0.25) is 0 Å². The Balaban J connectivity index is 2.01. The molecule has 2 nitrogen and oxygen atoms in total. The molecule has 3 N–H and O–H groups in total. The first kappa shape index (κ1) is 13.6. The first-order chi connectivity index (χ1) is 9.69. The highest BCUT2D eigenvalue weighted by atomic mass is 35.5. The summed E-state index contributed by atoms with van der Waals surface area (Å²) < 4.78 is 14.1. The number of hydrogen-bond acceptors (Lipinski definition) is 2. The lowest BCUT2D eigenvalue weighted by Gasteiger charge is -2.18. The van der Waals surface area contributed by atoms with Gasteiger partial charge in [0.05, 0.1) is 6.04 Å². The predicted octanol–water partition coefficient (Wildman–Crippen LogP) is 3.52. The van der Waals surface area contributed by atoms with Gasteiger partial charge in [0.1, 0.15) is 5.82 Å². The molecule has 0 amide bonds. The molecular weight excluding hydrogens is 275 g/mol. The number of aryl methyl sites for hydroxylation is 2. The lowest BCUT2D eigenvalue weighted by Crippen LogP contribution is -2.29. The number of hydrogen-bond donors (Lipinski definition) is 2. The van der Waals surface area contributed by atoms with Gasteiger partial charge in [0.25, 0.3) is 0 Å². The van der Waals surface area contributed by atoms with E-state index in [4.69, 9.17) is 17.4 Å². The molecule has 104 valence electrons. The van der Waals surface area contributed by atoms with E-state index < -0.39 is 0 Å². The Hall–Kier alpha value is -1.42. The lowest BCUT2D eigenvalue weighted by atomic mass is 9.96. The molecule has 0 radical (unpaired) electrons. The molecule has 1 aliphatic rings. The van der Waals surface area contributed by atoms with Crippen LogP contribution in [0.3, 0.4) is 0 Å². The quantitative estimate of drug-likeness (QED) is 0.670. The molecule has 2 aromatic carbocycles. The Morgan fingerprint density at radius 1 is 1.10 bits per heavy atom. The number of fused-ring (bicyclic) bond motifs is 1. The van der Waals surface area contributed by atoms with E-state index in [9.17, 15) is 4.39 Å². The first-order valence-electron chi connectivity index (χ1n) is 6.72. The zero-order valence-electron chi connectivity index (χ0n) is 11.0. The summed E-state index contributed by atoms with van der Waals surface area (Å²) in [5.41, 5.74) is 6.93. The van der Waals surface area contributed by atoms with Crippen LogP contribution in [0.15, 0.2) is 36.4 Å². The van der Waals surface area contributed by atoms with Crippen molar-refractivity contribution in [2.24, 2.45) is 5.84 Å². The SMILES string of the molecule is NNC(c1ccc2c(c1)CCC2)c1ccc(Cl)cc1F. The maximum atomic E-state index is 14.1. The average Bonchev–Trinajstić information content (AvgIpc) is 2.89. The van der Waals surface area contributed by atoms with Crippen molar-refractivity contribution < 1.29 is 4.39 Å². The van der Waals surface area contributed by atoms with E-state index in [1.165, 1.54) is 23.6 Å². The zero-order valence-corrected chi connectivity index (χ0v) is 11.8. The summed E-state index contributed by atoms with van der Waals surface area (Å²) in [6, 6.07) is 10.6. The molecular formula is C16H16ClFN2. The minimum atomic E-state index is -0.363. The molecule has 0 fully saturated rings. The van der Waals surface area contributed by atoms with Gasteiger partial charge in [-0.15, -0.1) is 0 Å². The highest BCUT2D eigenvalue weighted by Crippen LogP contribution is 2.30. The fraction of sp³-hybridized carbons (Fsp3) is 0.250. The van der Waals surface area contributed by atoms with Crippen LogP contribution in [0.1, 0.15) is 34.7 Å². The molecule has 0 aliphatic heterocycles. The van der Waals surface area contributed by atoms with Crippen molar-refractivity contribution in [3.8, 4) is 0 Å². The first-order valence-corrected chi connectivity index (χ1v) is 7.09. The summed E-state index contributed by atoms with van der Waals surface area (Å²) in [5.74, 6) is 5.29. The number of nitrogens with two attached hydrogens (primary N) is 1. The van der Waals surface area contributed by atoms with E-state index in [-0.39, 0.29) is 11.9 Å². The molecule has 0 heterocycles. The van der Waals surface area contributed by atoms with E-state index >= 15 is 0 Å². The van der Waals surface area contributed by atoms with E-state index in [1.807, 2.05) is 6.07 Å². The summed E-state index contributed by atoms with van der Waals surface area (Å²) in [6.07, 6.45) is 3.41.